The lowest BCUT2D eigenvalue weighted by Crippen LogP contribution is -2.69. The second kappa shape index (κ2) is 13.9. The zero-order chi connectivity index (χ0) is 30.7. The lowest BCUT2D eigenvalue weighted by Gasteiger charge is -2.50. The van der Waals surface area contributed by atoms with E-state index in [-0.39, 0.29) is 19.6 Å². The highest BCUT2D eigenvalue weighted by Gasteiger charge is 2.53. The van der Waals surface area contributed by atoms with Gasteiger partial charge in [0.05, 0.1) is 31.3 Å². The van der Waals surface area contributed by atoms with Crippen LogP contribution in [0.4, 0.5) is 0 Å². The Labute approximate surface area is 241 Å². The summed E-state index contributed by atoms with van der Waals surface area (Å²) in [5.41, 5.74) is 22.7. The van der Waals surface area contributed by atoms with Crippen LogP contribution in [0.25, 0.3) is 0 Å². The second-order valence-corrected chi connectivity index (χ2v) is 12.5. The number of nitrogens with one attached hydrogen (secondary N) is 3. The van der Waals surface area contributed by atoms with E-state index in [0.29, 0.717) is 25.3 Å². The fraction of sp³-hybridized carbons (Fsp3) is 0.885. The molecule has 1 unspecified atom stereocenters. The van der Waals surface area contributed by atoms with E-state index >= 15 is 0 Å². The Morgan fingerprint density at radius 3 is 2.56 bits per heavy atom. The number of hydrogen-bond acceptors (Lipinski definition) is 14. The number of carbonyl (C=O) groups is 1. The van der Waals surface area contributed by atoms with Crippen molar-refractivity contribution in [2.45, 2.75) is 106 Å². The molecule has 2 fully saturated rings. The third kappa shape index (κ3) is 8.34. The molecule has 1 aliphatic carbocycles. The van der Waals surface area contributed by atoms with Gasteiger partial charge in [0.25, 0.3) is 0 Å². The van der Waals surface area contributed by atoms with Crippen molar-refractivity contribution < 1.29 is 39.4 Å². The fourth-order valence-corrected chi connectivity index (χ4v) is 5.85. The molecule has 1 saturated carbocycles. The molecule has 2 aliphatic heterocycles. The molecule has 1 saturated heterocycles. The van der Waals surface area contributed by atoms with Gasteiger partial charge in [0, 0.05) is 36.6 Å². The number of rotatable bonds is 11. The highest BCUT2D eigenvalue weighted by molar-refractivity contribution is 5.81. The molecule has 15 nitrogen and oxygen atoms in total. The van der Waals surface area contributed by atoms with Crippen molar-refractivity contribution in [1.29, 1.82) is 0 Å². The first-order valence-corrected chi connectivity index (χ1v) is 14.2. The summed E-state index contributed by atoms with van der Waals surface area (Å²) in [4.78, 5) is 12.6. The zero-order valence-electron chi connectivity index (χ0n) is 24.4. The van der Waals surface area contributed by atoms with Crippen molar-refractivity contribution in [3.63, 3.8) is 0 Å². The van der Waals surface area contributed by atoms with Crippen LogP contribution in [-0.2, 0) is 19.0 Å². The second-order valence-electron chi connectivity index (χ2n) is 12.5. The summed E-state index contributed by atoms with van der Waals surface area (Å²) in [5, 5.41) is 52.1. The van der Waals surface area contributed by atoms with Gasteiger partial charge in [0.2, 0.25) is 5.91 Å². The van der Waals surface area contributed by atoms with Crippen molar-refractivity contribution in [2.24, 2.45) is 28.9 Å². The quantitative estimate of drug-likeness (QED) is 0.108. The molecule has 1 amide bonds. The summed E-state index contributed by atoms with van der Waals surface area (Å²) in [7, 11) is 1.59. The number of nitrogens with two attached hydrogens (primary N) is 4. The van der Waals surface area contributed by atoms with Crippen LogP contribution in [0, 0.1) is 5.92 Å². The van der Waals surface area contributed by atoms with Crippen molar-refractivity contribution in [1.82, 2.24) is 16.0 Å². The van der Waals surface area contributed by atoms with Gasteiger partial charge in [-0.1, -0.05) is 0 Å². The molecule has 15 heteroatoms. The number of ether oxygens (including phenoxy) is 3. The van der Waals surface area contributed by atoms with Crippen molar-refractivity contribution in [2.75, 3.05) is 33.3 Å². The number of aliphatic hydroxyl groups excluding tert-OH is 3. The fourth-order valence-electron chi connectivity index (χ4n) is 5.85. The van der Waals surface area contributed by atoms with E-state index in [2.05, 4.69) is 16.0 Å². The number of amides is 1. The average molecular weight is 590 g/mol. The Bertz CT molecular complexity index is 904. The van der Waals surface area contributed by atoms with E-state index in [1.54, 1.807) is 7.05 Å². The number of carbonyl (C=O) groups excluding carboxylic acids is 1. The van der Waals surface area contributed by atoms with Crippen LogP contribution in [-0.4, -0.2) is 132 Å². The van der Waals surface area contributed by atoms with Gasteiger partial charge < -0.3 is 73.5 Å². The topological polar surface area (TPSA) is 266 Å². The maximum Gasteiger partial charge on any atom is 0.250 e. The van der Waals surface area contributed by atoms with Crippen molar-refractivity contribution in [3.05, 3.63) is 11.8 Å². The van der Waals surface area contributed by atoms with Gasteiger partial charge in [-0.15, -0.1) is 0 Å². The maximum absolute atomic E-state index is 12.6. The summed E-state index contributed by atoms with van der Waals surface area (Å²) >= 11 is 0. The normalized spacial score (nSPS) is 40.8. The average Bonchev–Trinajstić information content (AvgIpc) is 2.87. The predicted molar refractivity (Wildman–Crippen MR) is 150 cm³/mol. The highest BCUT2D eigenvalue weighted by Crippen LogP contribution is 2.36. The molecule has 0 radical (unpaired) electrons. The summed E-state index contributed by atoms with van der Waals surface area (Å²) in [6.45, 7) is 5.82. The van der Waals surface area contributed by atoms with Crippen LogP contribution in [0.5, 0.6) is 0 Å². The first-order valence-electron chi connectivity index (χ1n) is 14.2. The van der Waals surface area contributed by atoms with Crippen LogP contribution in [0.2, 0.25) is 0 Å². The standard InChI is InChI=1S/C26H51N7O8/c1-25(2,30)10-32-9-12-5-6-13(28)20(40-12)17-14(29)7-15(33-23(37)16(34)8-27)21(18(17)35)41-24-19(36)22(31-4)26(3,38)11-39-24/h5,13-22,24,31-32,34-36,38H,6-11,27-30H2,1-4H3,(H,33,37)/t13-,14+,15-,16+,17-,18+,19-,20?,21+,22-,24-,26+/m1/s1. The van der Waals surface area contributed by atoms with E-state index in [4.69, 9.17) is 37.1 Å². The van der Waals surface area contributed by atoms with Crippen LogP contribution in [0.1, 0.15) is 33.6 Å². The number of hydrogen-bond donors (Lipinski definition) is 11. The smallest absolute Gasteiger partial charge is 0.250 e. The first-order chi connectivity index (χ1) is 19.1. The monoisotopic (exact) mass is 589 g/mol. The van der Waals surface area contributed by atoms with Crippen LogP contribution >= 0.6 is 0 Å². The number of aliphatic hydroxyl groups is 4. The Balaban J connectivity index is 1.83. The van der Waals surface area contributed by atoms with E-state index in [1.807, 2.05) is 19.9 Å². The summed E-state index contributed by atoms with van der Waals surface area (Å²) in [6, 6.07) is -2.85. The highest BCUT2D eigenvalue weighted by atomic mass is 16.7. The molecule has 0 spiro atoms. The predicted octanol–water partition coefficient (Wildman–Crippen LogP) is -4.73. The van der Waals surface area contributed by atoms with E-state index in [1.165, 1.54) is 6.92 Å². The van der Waals surface area contributed by atoms with Gasteiger partial charge in [-0.2, -0.15) is 0 Å². The Morgan fingerprint density at radius 1 is 1.27 bits per heavy atom. The van der Waals surface area contributed by atoms with E-state index in [9.17, 15) is 25.2 Å². The molecule has 3 rings (SSSR count). The van der Waals surface area contributed by atoms with E-state index in [0.717, 1.165) is 0 Å². The molecule has 41 heavy (non-hydrogen) atoms. The molecule has 0 bridgehead atoms. The molecule has 2 heterocycles. The lowest BCUT2D eigenvalue weighted by atomic mass is 9.72. The van der Waals surface area contributed by atoms with Gasteiger partial charge in [0.15, 0.2) is 6.29 Å². The minimum atomic E-state index is -1.48. The van der Waals surface area contributed by atoms with Crippen molar-refractivity contribution in [3.8, 4) is 0 Å². The van der Waals surface area contributed by atoms with Crippen LogP contribution in [0.15, 0.2) is 11.8 Å². The van der Waals surface area contributed by atoms with Crippen LogP contribution in [0.3, 0.4) is 0 Å². The molecular formula is C26H51N7O8. The van der Waals surface area contributed by atoms with Crippen LogP contribution < -0.4 is 38.9 Å². The first kappa shape index (κ1) is 34.0. The molecular weight excluding hydrogens is 538 g/mol. The van der Waals surface area contributed by atoms with Gasteiger partial charge in [0.1, 0.15) is 35.8 Å². The summed E-state index contributed by atoms with van der Waals surface area (Å²) < 4.78 is 18.1. The summed E-state index contributed by atoms with van der Waals surface area (Å²) in [5.74, 6) is -0.833. The third-order valence-corrected chi connectivity index (χ3v) is 8.02. The van der Waals surface area contributed by atoms with Gasteiger partial charge in [-0.25, -0.2) is 0 Å². The van der Waals surface area contributed by atoms with Gasteiger partial charge in [-0.05, 0) is 46.7 Å². The molecule has 3 aliphatic rings. The van der Waals surface area contributed by atoms with Crippen molar-refractivity contribution >= 4 is 5.91 Å². The third-order valence-electron chi connectivity index (χ3n) is 8.02. The van der Waals surface area contributed by atoms with Gasteiger partial charge in [-0.3, -0.25) is 4.79 Å². The molecule has 0 aromatic rings. The largest absolute Gasteiger partial charge is 0.492 e. The Morgan fingerprint density at radius 2 is 1.95 bits per heavy atom. The molecule has 0 aromatic carbocycles. The minimum absolute atomic E-state index is 0.136. The maximum atomic E-state index is 12.6. The molecule has 0 aromatic heterocycles. The minimum Gasteiger partial charge on any atom is -0.492 e. The molecule has 238 valence electrons. The number of likely N-dealkylation sites (N-methyl/N-ethyl adjacent to an activating group) is 1. The SMILES string of the molecule is CN[C@@H]1[C@@H](O)[C@@H](O[C@@H]2[C@@H](O)[C@H](C3OC(CNCC(C)(C)N)=CC[C@H]3N)[C@@H](N)C[C@H]2NC(=O)[C@@H](O)CN)OC[C@]1(C)O. The van der Waals surface area contributed by atoms with E-state index < -0.39 is 83.9 Å². The molecule has 12 atom stereocenters. The van der Waals surface area contributed by atoms with Gasteiger partial charge >= 0.3 is 0 Å². The lowest BCUT2D eigenvalue weighted by molar-refractivity contribution is -0.297. The zero-order valence-corrected chi connectivity index (χ0v) is 24.4. The Hall–Kier alpha value is -1.47. The summed E-state index contributed by atoms with van der Waals surface area (Å²) in [6.07, 6.45) is -4.70. The molecule has 15 N–H and O–H groups in total. The Kier molecular flexibility index (Phi) is 11.5.